The lowest BCUT2D eigenvalue weighted by atomic mass is 10.1. The fourth-order valence-corrected chi connectivity index (χ4v) is 1.49. The van der Waals surface area contributed by atoms with Crippen molar-refractivity contribution in [3.05, 3.63) is 29.8 Å². The van der Waals surface area contributed by atoms with Gasteiger partial charge in [-0.2, -0.15) is 0 Å². The van der Waals surface area contributed by atoms with E-state index in [0.717, 1.165) is 36.2 Å². The molecule has 0 atom stereocenters. The normalized spacial score (nSPS) is 10.5. The van der Waals surface area contributed by atoms with E-state index in [1.807, 2.05) is 24.3 Å². The Morgan fingerprint density at radius 3 is 2.53 bits per heavy atom. The molecule has 1 aromatic carbocycles. The standard InChI is InChI=1S/C14H18O3/c1-16-13-9-8-12(11-14(13)17-2)7-5-3-4-6-10-15/h5,7-11H,3-4,6H2,1-2H3. The zero-order chi connectivity index (χ0) is 12.5. The molecule has 3 nitrogen and oxygen atoms in total. The maximum atomic E-state index is 10.1. The Bertz CT molecular complexity index is 383. The highest BCUT2D eigenvalue weighted by molar-refractivity contribution is 5.56. The fraction of sp³-hybridized carbons (Fsp3) is 0.357. The number of rotatable bonds is 7. The summed E-state index contributed by atoms with van der Waals surface area (Å²) >= 11 is 0. The van der Waals surface area contributed by atoms with Crippen LogP contribution in [0.15, 0.2) is 24.3 Å². The molecule has 0 bridgehead atoms. The third kappa shape index (κ3) is 4.31. The lowest BCUT2D eigenvalue weighted by molar-refractivity contribution is -0.107. The number of aldehydes is 1. The number of benzene rings is 1. The molecule has 0 radical (unpaired) electrons. The van der Waals surface area contributed by atoms with E-state index in [1.165, 1.54) is 0 Å². The van der Waals surface area contributed by atoms with Crippen molar-refractivity contribution in [2.75, 3.05) is 14.2 Å². The summed E-state index contributed by atoms with van der Waals surface area (Å²) in [7, 11) is 3.24. The van der Waals surface area contributed by atoms with Crippen molar-refractivity contribution < 1.29 is 14.3 Å². The number of allylic oxidation sites excluding steroid dienone is 1. The van der Waals surface area contributed by atoms with Crippen LogP contribution in [0.3, 0.4) is 0 Å². The largest absolute Gasteiger partial charge is 0.493 e. The third-order valence-corrected chi connectivity index (χ3v) is 2.41. The summed E-state index contributed by atoms with van der Waals surface area (Å²) < 4.78 is 10.4. The summed E-state index contributed by atoms with van der Waals surface area (Å²) in [6, 6.07) is 5.77. The zero-order valence-corrected chi connectivity index (χ0v) is 10.3. The molecule has 0 aliphatic heterocycles. The number of hydrogen-bond donors (Lipinski definition) is 0. The molecular weight excluding hydrogens is 216 g/mol. The summed E-state index contributed by atoms with van der Waals surface area (Å²) in [5, 5.41) is 0. The predicted molar refractivity (Wildman–Crippen MR) is 68.5 cm³/mol. The van der Waals surface area contributed by atoms with E-state index in [1.54, 1.807) is 14.2 Å². The van der Waals surface area contributed by atoms with Gasteiger partial charge in [0.15, 0.2) is 11.5 Å². The molecule has 3 heteroatoms. The molecule has 0 aromatic heterocycles. The van der Waals surface area contributed by atoms with Crippen LogP contribution in [0, 0.1) is 0 Å². The number of unbranched alkanes of at least 4 members (excludes halogenated alkanes) is 2. The molecule has 0 spiro atoms. The molecule has 0 aliphatic rings. The van der Waals surface area contributed by atoms with Gasteiger partial charge in [0.1, 0.15) is 6.29 Å². The highest BCUT2D eigenvalue weighted by atomic mass is 16.5. The van der Waals surface area contributed by atoms with Crippen LogP contribution < -0.4 is 9.47 Å². The molecule has 0 N–H and O–H groups in total. The Morgan fingerprint density at radius 2 is 1.88 bits per heavy atom. The van der Waals surface area contributed by atoms with E-state index in [2.05, 4.69) is 6.08 Å². The highest BCUT2D eigenvalue weighted by Gasteiger charge is 2.02. The quantitative estimate of drug-likeness (QED) is 0.537. The second kappa shape index (κ2) is 7.49. The predicted octanol–water partition coefficient (Wildman–Crippen LogP) is 3.09. The van der Waals surface area contributed by atoms with Crippen molar-refractivity contribution >= 4 is 12.4 Å². The molecule has 0 saturated heterocycles. The third-order valence-electron chi connectivity index (χ3n) is 2.41. The first-order valence-corrected chi connectivity index (χ1v) is 5.64. The van der Waals surface area contributed by atoms with Gasteiger partial charge < -0.3 is 14.3 Å². The topological polar surface area (TPSA) is 35.5 Å². The van der Waals surface area contributed by atoms with Gasteiger partial charge in [-0.25, -0.2) is 0 Å². The first-order chi connectivity index (χ1) is 8.31. The number of hydrogen-bond acceptors (Lipinski definition) is 3. The van der Waals surface area contributed by atoms with Crippen LogP contribution in [-0.2, 0) is 4.79 Å². The molecule has 92 valence electrons. The van der Waals surface area contributed by atoms with Crippen LogP contribution in [0.1, 0.15) is 24.8 Å². The zero-order valence-electron chi connectivity index (χ0n) is 10.3. The van der Waals surface area contributed by atoms with Crippen LogP contribution in [-0.4, -0.2) is 20.5 Å². The van der Waals surface area contributed by atoms with Crippen molar-refractivity contribution in [1.29, 1.82) is 0 Å². The Hall–Kier alpha value is -1.77. The van der Waals surface area contributed by atoms with Crippen molar-refractivity contribution in [2.24, 2.45) is 0 Å². The van der Waals surface area contributed by atoms with E-state index >= 15 is 0 Å². The summed E-state index contributed by atoms with van der Waals surface area (Å²) in [6.45, 7) is 0. The minimum atomic E-state index is 0.621. The molecule has 0 saturated carbocycles. The molecule has 0 heterocycles. The van der Waals surface area contributed by atoms with Crippen molar-refractivity contribution in [2.45, 2.75) is 19.3 Å². The van der Waals surface area contributed by atoms with Crippen LogP contribution >= 0.6 is 0 Å². The van der Waals surface area contributed by atoms with Crippen molar-refractivity contribution in [3.8, 4) is 11.5 Å². The summed E-state index contributed by atoms with van der Waals surface area (Å²) in [5.41, 5.74) is 1.06. The lowest BCUT2D eigenvalue weighted by Crippen LogP contribution is -1.90. The van der Waals surface area contributed by atoms with Gasteiger partial charge in [-0.3, -0.25) is 0 Å². The van der Waals surface area contributed by atoms with Gasteiger partial charge in [0.05, 0.1) is 14.2 Å². The Labute approximate surface area is 102 Å². The highest BCUT2D eigenvalue weighted by Crippen LogP contribution is 2.27. The Morgan fingerprint density at radius 1 is 1.12 bits per heavy atom. The summed E-state index contributed by atoms with van der Waals surface area (Å²) in [5.74, 6) is 1.45. The first kappa shape index (κ1) is 13.3. The van der Waals surface area contributed by atoms with E-state index in [9.17, 15) is 4.79 Å². The van der Waals surface area contributed by atoms with Crippen LogP contribution in [0.2, 0.25) is 0 Å². The molecule has 1 aromatic rings. The minimum Gasteiger partial charge on any atom is -0.493 e. The Kier molecular flexibility index (Phi) is 5.86. The molecule has 0 amide bonds. The van der Waals surface area contributed by atoms with Gasteiger partial charge in [-0.15, -0.1) is 0 Å². The second-order valence-corrected chi connectivity index (χ2v) is 3.61. The maximum absolute atomic E-state index is 10.1. The molecule has 1 rings (SSSR count). The number of methoxy groups -OCH3 is 2. The van der Waals surface area contributed by atoms with Crippen molar-refractivity contribution in [3.63, 3.8) is 0 Å². The van der Waals surface area contributed by atoms with Crippen LogP contribution in [0.4, 0.5) is 0 Å². The average molecular weight is 234 g/mol. The summed E-state index contributed by atoms with van der Waals surface area (Å²) in [4.78, 5) is 10.1. The monoisotopic (exact) mass is 234 g/mol. The molecule has 0 aliphatic carbocycles. The minimum absolute atomic E-state index is 0.621. The first-order valence-electron chi connectivity index (χ1n) is 5.64. The van der Waals surface area contributed by atoms with E-state index in [-0.39, 0.29) is 0 Å². The van der Waals surface area contributed by atoms with Gasteiger partial charge in [0, 0.05) is 6.42 Å². The number of carbonyl (C=O) groups excluding carboxylic acids is 1. The average Bonchev–Trinajstić information content (AvgIpc) is 2.38. The second-order valence-electron chi connectivity index (χ2n) is 3.61. The van der Waals surface area contributed by atoms with Gasteiger partial charge in [0.25, 0.3) is 0 Å². The number of carbonyl (C=O) groups is 1. The molecule has 17 heavy (non-hydrogen) atoms. The van der Waals surface area contributed by atoms with Gasteiger partial charge in [-0.1, -0.05) is 18.2 Å². The number of ether oxygens (including phenoxy) is 2. The molecular formula is C14H18O3. The maximum Gasteiger partial charge on any atom is 0.161 e. The summed E-state index contributed by atoms with van der Waals surface area (Å²) in [6.07, 6.45) is 7.46. The molecule has 0 unspecified atom stereocenters. The lowest BCUT2D eigenvalue weighted by Gasteiger charge is -2.07. The SMILES string of the molecule is COc1ccc(C=CCCCC=O)cc1OC. The van der Waals surface area contributed by atoms with E-state index in [0.29, 0.717) is 6.42 Å². The van der Waals surface area contributed by atoms with Crippen LogP contribution in [0.5, 0.6) is 11.5 Å². The van der Waals surface area contributed by atoms with Gasteiger partial charge in [-0.05, 0) is 30.5 Å². The van der Waals surface area contributed by atoms with Crippen molar-refractivity contribution in [1.82, 2.24) is 0 Å². The van der Waals surface area contributed by atoms with Gasteiger partial charge in [0.2, 0.25) is 0 Å². The van der Waals surface area contributed by atoms with Crippen LogP contribution in [0.25, 0.3) is 6.08 Å². The van der Waals surface area contributed by atoms with Gasteiger partial charge >= 0.3 is 0 Å². The van der Waals surface area contributed by atoms with E-state index in [4.69, 9.17) is 9.47 Å². The molecule has 0 fully saturated rings. The smallest absolute Gasteiger partial charge is 0.161 e. The Balaban J connectivity index is 2.62. The van der Waals surface area contributed by atoms with E-state index < -0.39 is 0 Å². The fourth-order valence-electron chi connectivity index (χ4n) is 1.49.